The molecule has 2 rings (SSSR count). The van der Waals surface area contributed by atoms with E-state index in [0.717, 1.165) is 4.47 Å². The lowest BCUT2D eigenvalue weighted by Crippen LogP contribution is -2.29. The lowest BCUT2D eigenvalue weighted by molar-refractivity contribution is -0.136. The molecule has 0 bridgehead atoms. The number of aryl methyl sites for hydroxylation is 1. The molecule has 0 spiro atoms. The number of nitrogens with one attached hydrogen (secondary N) is 1. The van der Waals surface area contributed by atoms with E-state index in [1.165, 1.54) is 10.9 Å². The summed E-state index contributed by atoms with van der Waals surface area (Å²) in [6.45, 7) is 0.263. The maximum atomic E-state index is 12.3. The van der Waals surface area contributed by atoms with E-state index >= 15 is 0 Å². The topological polar surface area (TPSA) is 101 Å². The Morgan fingerprint density at radius 1 is 1.32 bits per heavy atom. The zero-order valence-corrected chi connectivity index (χ0v) is 13.2. The van der Waals surface area contributed by atoms with Crippen molar-refractivity contribution in [2.24, 2.45) is 0 Å². The number of carbonyl (C=O) groups is 2. The second-order valence-corrected chi connectivity index (χ2v) is 5.56. The minimum Gasteiger partial charge on any atom is -0.481 e. The van der Waals surface area contributed by atoms with Crippen molar-refractivity contribution < 1.29 is 14.7 Å². The molecule has 116 valence electrons. The first-order valence-electron chi connectivity index (χ1n) is 6.60. The van der Waals surface area contributed by atoms with E-state index in [4.69, 9.17) is 5.11 Å². The van der Waals surface area contributed by atoms with Crippen LogP contribution >= 0.6 is 15.9 Å². The Labute approximate surface area is 134 Å². The fourth-order valence-corrected chi connectivity index (χ4v) is 2.27. The quantitative estimate of drug-likeness (QED) is 0.796. The summed E-state index contributed by atoms with van der Waals surface area (Å²) in [5.41, 5.74) is 0.375. The summed E-state index contributed by atoms with van der Waals surface area (Å²) in [5.74, 6) is -1.27. The Bertz CT molecular complexity index is 772. The third-order valence-corrected chi connectivity index (χ3v) is 3.52. The van der Waals surface area contributed by atoms with Crippen LogP contribution in [0.1, 0.15) is 12.8 Å². The molecule has 0 aliphatic rings. The van der Waals surface area contributed by atoms with Crippen molar-refractivity contribution in [3.8, 4) is 0 Å². The Morgan fingerprint density at radius 2 is 2.09 bits per heavy atom. The van der Waals surface area contributed by atoms with Gasteiger partial charge in [0.15, 0.2) is 0 Å². The third-order valence-electron chi connectivity index (χ3n) is 3.03. The van der Waals surface area contributed by atoms with Gasteiger partial charge in [0, 0.05) is 24.0 Å². The lowest BCUT2D eigenvalue weighted by Gasteiger charge is -2.07. The fourth-order valence-electron chi connectivity index (χ4n) is 1.91. The molecule has 0 saturated heterocycles. The number of aliphatic carboxylic acids is 1. The SMILES string of the molecule is O=C(O)CCNC(=O)CCn1cnc2ccc(Br)cc2c1=O. The van der Waals surface area contributed by atoms with E-state index in [1.807, 2.05) is 0 Å². The summed E-state index contributed by atoms with van der Waals surface area (Å²) in [6.07, 6.45) is 1.36. The van der Waals surface area contributed by atoms with E-state index < -0.39 is 5.97 Å². The maximum Gasteiger partial charge on any atom is 0.305 e. The first-order chi connectivity index (χ1) is 10.5. The number of amides is 1. The van der Waals surface area contributed by atoms with Gasteiger partial charge in [-0.05, 0) is 18.2 Å². The number of rotatable bonds is 6. The van der Waals surface area contributed by atoms with E-state index in [1.54, 1.807) is 18.2 Å². The van der Waals surface area contributed by atoms with Crippen molar-refractivity contribution in [1.29, 1.82) is 0 Å². The van der Waals surface area contributed by atoms with Gasteiger partial charge >= 0.3 is 5.97 Å². The van der Waals surface area contributed by atoms with Gasteiger partial charge in [-0.3, -0.25) is 19.0 Å². The number of carboxylic acids is 1. The standard InChI is InChI=1S/C14H14BrN3O4/c15-9-1-2-11-10(7-9)14(22)18(8-17-11)6-4-12(19)16-5-3-13(20)21/h1-2,7-8H,3-6H2,(H,16,19)(H,20,21). The molecule has 0 radical (unpaired) electrons. The summed E-state index contributed by atoms with van der Waals surface area (Å²) >= 11 is 3.31. The van der Waals surface area contributed by atoms with Crippen LogP contribution in [-0.4, -0.2) is 33.1 Å². The largest absolute Gasteiger partial charge is 0.481 e. The number of hydrogen-bond acceptors (Lipinski definition) is 4. The van der Waals surface area contributed by atoms with Gasteiger partial charge in [0.05, 0.1) is 23.7 Å². The van der Waals surface area contributed by atoms with Gasteiger partial charge in [-0.15, -0.1) is 0 Å². The molecule has 0 aliphatic heterocycles. The van der Waals surface area contributed by atoms with Crippen molar-refractivity contribution >= 4 is 38.7 Å². The summed E-state index contributed by atoms with van der Waals surface area (Å²) in [6, 6.07) is 5.23. The highest BCUT2D eigenvalue weighted by atomic mass is 79.9. The highest BCUT2D eigenvalue weighted by Crippen LogP contribution is 2.14. The number of benzene rings is 1. The van der Waals surface area contributed by atoms with Crippen molar-refractivity contribution in [2.75, 3.05) is 6.54 Å². The molecule has 2 N–H and O–H groups in total. The van der Waals surface area contributed by atoms with Gasteiger partial charge in [-0.2, -0.15) is 0 Å². The molecular weight excluding hydrogens is 354 g/mol. The highest BCUT2D eigenvalue weighted by Gasteiger charge is 2.07. The zero-order valence-electron chi connectivity index (χ0n) is 11.6. The number of halogens is 1. The second kappa shape index (κ2) is 7.17. The third kappa shape index (κ3) is 4.14. The fraction of sp³-hybridized carbons (Fsp3) is 0.286. The van der Waals surface area contributed by atoms with Gasteiger partial charge in [0.2, 0.25) is 5.91 Å². The van der Waals surface area contributed by atoms with E-state index in [0.29, 0.717) is 10.9 Å². The predicted molar refractivity (Wildman–Crippen MR) is 83.6 cm³/mol. The van der Waals surface area contributed by atoms with Crippen molar-refractivity contribution in [3.05, 3.63) is 39.4 Å². The molecule has 1 heterocycles. The molecule has 1 aromatic carbocycles. The molecule has 1 amide bonds. The average Bonchev–Trinajstić information content (AvgIpc) is 2.47. The molecule has 8 heteroatoms. The molecule has 0 aliphatic carbocycles. The van der Waals surface area contributed by atoms with Gasteiger partial charge < -0.3 is 10.4 Å². The Kier molecular flexibility index (Phi) is 5.26. The number of hydrogen-bond donors (Lipinski definition) is 2. The molecular formula is C14H14BrN3O4. The number of nitrogens with zero attached hydrogens (tertiary/aromatic N) is 2. The van der Waals surface area contributed by atoms with Crippen LogP contribution in [-0.2, 0) is 16.1 Å². The molecule has 0 fully saturated rings. The van der Waals surface area contributed by atoms with Crippen LogP contribution in [0.15, 0.2) is 33.8 Å². The number of aromatic nitrogens is 2. The smallest absolute Gasteiger partial charge is 0.305 e. The number of carboxylic acid groups (broad SMARTS) is 1. The summed E-state index contributed by atoms with van der Waals surface area (Å²) in [7, 11) is 0. The monoisotopic (exact) mass is 367 g/mol. The predicted octanol–water partition coefficient (Wildman–Crippen LogP) is 1.14. The molecule has 2 aromatic rings. The maximum absolute atomic E-state index is 12.3. The van der Waals surface area contributed by atoms with Crippen LogP contribution in [0.2, 0.25) is 0 Å². The molecule has 1 aromatic heterocycles. The number of fused-ring (bicyclic) bond motifs is 1. The first-order valence-corrected chi connectivity index (χ1v) is 7.40. The Hall–Kier alpha value is -2.22. The first kappa shape index (κ1) is 16.2. The van der Waals surface area contributed by atoms with Crippen LogP contribution in [0, 0.1) is 0 Å². The normalized spacial score (nSPS) is 10.6. The van der Waals surface area contributed by atoms with Crippen LogP contribution in [0.3, 0.4) is 0 Å². The lowest BCUT2D eigenvalue weighted by atomic mass is 10.2. The van der Waals surface area contributed by atoms with Crippen molar-refractivity contribution in [3.63, 3.8) is 0 Å². The summed E-state index contributed by atoms with van der Waals surface area (Å²) < 4.78 is 2.15. The van der Waals surface area contributed by atoms with Gasteiger partial charge in [-0.1, -0.05) is 15.9 Å². The minimum absolute atomic E-state index is 0.0754. The minimum atomic E-state index is -0.971. The van der Waals surface area contributed by atoms with Crippen LogP contribution in [0.25, 0.3) is 10.9 Å². The van der Waals surface area contributed by atoms with Gasteiger partial charge in [0.25, 0.3) is 5.56 Å². The van der Waals surface area contributed by atoms with Crippen molar-refractivity contribution in [2.45, 2.75) is 19.4 Å². The molecule has 22 heavy (non-hydrogen) atoms. The van der Waals surface area contributed by atoms with Crippen LogP contribution < -0.4 is 10.9 Å². The van der Waals surface area contributed by atoms with Crippen LogP contribution in [0.5, 0.6) is 0 Å². The number of carbonyl (C=O) groups excluding carboxylic acids is 1. The van der Waals surface area contributed by atoms with E-state index in [-0.39, 0.29) is 37.4 Å². The zero-order chi connectivity index (χ0) is 16.1. The highest BCUT2D eigenvalue weighted by molar-refractivity contribution is 9.10. The summed E-state index contributed by atoms with van der Waals surface area (Å²) in [5, 5.41) is 11.4. The molecule has 0 saturated carbocycles. The van der Waals surface area contributed by atoms with E-state index in [2.05, 4.69) is 26.2 Å². The molecule has 0 atom stereocenters. The Balaban J connectivity index is 2.03. The van der Waals surface area contributed by atoms with Gasteiger partial charge in [-0.25, -0.2) is 4.98 Å². The molecule has 7 nitrogen and oxygen atoms in total. The van der Waals surface area contributed by atoms with Gasteiger partial charge in [0.1, 0.15) is 0 Å². The van der Waals surface area contributed by atoms with Crippen LogP contribution in [0.4, 0.5) is 0 Å². The van der Waals surface area contributed by atoms with Crippen molar-refractivity contribution in [1.82, 2.24) is 14.9 Å². The average molecular weight is 368 g/mol. The Morgan fingerprint density at radius 3 is 2.82 bits per heavy atom. The second-order valence-electron chi connectivity index (χ2n) is 4.65. The molecule has 0 unspecified atom stereocenters. The van der Waals surface area contributed by atoms with E-state index in [9.17, 15) is 14.4 Å². The summed E-state index contributed by atoms with van der Waals surface area (Å²) in [4.78, 5) is 38.4.